The Morgan fingerprint density at radius 1 is 1.05 bits per heavy atom. The summed E-state index contributed by atoms with van der Waals surface area (Å²) in [7, 11) is 0. The van der Waals surface area contributed by atoms with Gasteiger partial charge in [0.1, 0.15) is 11.6 Å². The number of ketones is 1. The van der Waals surface area contributed by atoms with E-state index >= 15 is 0 Å². The topological polar surface area (TPSA) is 56.6 Å². The Labute approximate surface area is 122 Å². The summed E-state index contributed by atoms with van der Waals surface area (Å²) in [6, 6.07) is 19.2. The molecule has 0 aliphatic rings. The summed E-state index contributed by atoms with van der Waals surface area (Å²) in [5.41, 5.74) is 1.38. The lowest BCUT2D eigenvalue weighted by Crippen LogP contribution is -2.02. The molecule has 2 aromatic carbocycles. The first-order valence-corrected chi connectivity index (χ1v) is 6.56. The number of hydrogen-bond acceptors (Lipinski definition) is 2. The van der Waals surface area contributed by atoms with E-state index in [0.717, 1.165) is 16.3 Å². The number of H-pyrrole nitrogens is 1. The van der Waals surface area contributed by atoms with Crippen LogP contribution in [0.25, 0.3) is 16.8 Å². The Morgan fingerprint density at radius 2 is 1.86 bits per heavy atom. The molecule has 0 radical (unpaired) electrons. The zero-order valence-electron chi connectivity index (χ0n) is 11.2. The van der Waals surface area contributed by atoms with E-state index in [4.69, 9.17) is 0 Å². The molecule has 0 saturated carbocycles. The van der Waals surface area contributed by atoms with Gasteiger partial charge in [-0.2, -0.15) is 5.26 Å². The summed E-state index contributed by atoms with van der Waals surface area (Å²) >= 11 is 0. The van der Waals surface area contributed by atoms with Gasteiger partial charge in [-0.1, -0.05) is 36.4 Å². The van der Waals surface area contributed by atoms with Crippen LogP contribution in [0.5, 0.6) is 0 Å². The maximum atomic E-state index is 12.2. The third-order valence-electron chi connectivity index (χ3n) is 3.29. The number of nitrogens with one attached hydrogen (secondary N) is 1. The summed E-state index contributed by atoms with van der Waals surface area (Å²) in [5, 5.41) is 11.4. The van der Waals surface area contributed by atoms with Crippen molar-refractivity contribution in [1.82, 2.24) is 4.98 Å². The predicted octanol–water partition coefficient (Wildman–Crippen LogP) is 3.96. The monoisotopic (exact) mass is 272 g/mol. The van der Waals surface area contributed by atoms with Crippen molar-refractivity contribution in [3.05, 3.63) is 77.6 Å². The van der Waals surface area contributed by atoms with Gasteiger partial charge in [0.05, 0.1) is 5.69 Å². The number of fused-ring (bicyclic) bond motifs is 1. The van der Waals surface area contributed by atoms with Gasteiger partial charge < -0.3 is 4.98 Å². The van der Waals surface area contributed by atoms with Gasteiger partial charge in [0.2, 0.25) is 5.78 Å². The second-order valence-corrected chi connectivity index (χ2v) is 4.69. The van der Waals surface area contributed by atoms with Gasteiger partial charge in [0.15, 0.2) is 0 Å². The highest BCUT2D eigenvalue weighted by Gasteiger charge is 2.12. The molecule has 1 heterocycles. The van der Waals surface area contributed by atoms with Crippen LogP contribution in [0.15, 0.2) is 66.4 Å². The van der Waals surface area contributed by atoms with Crippen LogP contribution < -0.4 is 0 Å². The summed E-state index contributed by atoms with van der Waals surface area (Å²) in [6.07, 6.45) is 3.29. The van der Waals surface area contributed by atoms with Gasteiger partial charge >= 0.3 is 0 Å². The van der Waals surface area contributed by atoms with Gasteiger partial charge in [0, 0.05) is 6.20 Å². The number of nitrogens with zero attached hydrogens (tertiary/aromatic N) is 1. The van der Waals surface area contributed by atoms with Crippen molar-refractivity contribution in [2.24, 2.45) is 0 Å². The number of aromatic nitrogens is 1. The Hall–Kier alpha value is -3.12. The number of allylic oxidation sites excluding steroid dienone is 1. The third-order valence-corrected chi connectivity index (χ3v) is 3.29. The molecule has 0 spiro atoms. The summed E-state index contributed by atoms with van der Waals surface area (Å²) < 4.78 is 0. The van der Waals surface area contributed by atoms with Crippen LogP contribution in [0.2, 0.25) is 0 Å². The zero-order chi connectivity index (χ0) is 14.7. The van der Waals surface area contributed by atoms with Crippen molar-refractivity contribution in [2.45, 2.75) is 0 Å². The van der Waals surface area contributed by atoms with E-state index in [1.165, 1.54) is 0 Å². The van der Waals surface area contributed by atoms with E-state index in [-0.39, 0.29) is 11.4 Å². The molecule has 0 aliphatic carbocycles. The highest BCUT2D eigenvalue weighted by molar-refractivity contribution is 6.13. The average molecular weight is 272 g/mol. The SMILES string of the molecule is N#C/C(=C/c1ccc2ccccc2c1)C(=O)c1ccc[nH]1. The number of Topliss-reactive ketones (excluding diaryl/α,β-unsaturated/α-hetero) is 1. The van der Waals surface area contributed by atoms with E-state index < -0.39 is 0 Å². The second kappa shape index (κ2) is 5.48. The molecule has 100 valence electrons. The first-order valence-electron chi connectivity index (χ1n) is 6.56. The maximum absolute atomic E-state index is 12.2. The minimum Gasteiger partial charge on any atom is -0.358 e. The molecule has 0 unspecified atom stereocenters. The molecule has 0 bridgehead atoms. The van der Waals surface area contributed by atoms with Crippen LogP contribution in [0, 0.1) is 11.3 Å². The second-order valence-electron chi connectivity index (χ2n) is 4.69. The smallest absolute Gasteiger partial charge is 0.219 e. The molecule has 21 heavy (non-hydrogen) atoms. The predicted molar refractivity (Wildman–Crippen MR) is 82.7 cm³/mol. The molecule has 0 saturated heterocycles. The minimum absolute atomic E-state index is 0.118. The van der Waals surface area contributed by atoms with Crippen molar-refractivity contribution in [2.75, 3.05) is 0 Å². The molecule has 3 aromatic rings. The molecule has 3 nitrogen and oxygen atoms in total. The summed E-state index contributed by atoms with van der Waals surface area (Å²) in [5.74, 6) is -0.296. The molecule has 0 amide bonds. The molecule has 0 atom stereocenters. The van der Waals surface area contributed by atoms with E-state index in [0.29, 0.717) is 5.69 Å². The molecule has 0 aliphatic heterocycles. The Balaban J connectivity index is 2.01. The van der Waals surface area contributed by atoms with Gasteiger partial charge in [-0.3, -0.25) is 4.79 Å². The van der Waals surface area contributed by atoms with Crippen LogP contribution in [-0.4, -0.2) is 10.8 Å². The number of nitriles is 1. The van der Waals surface area contributed by atoms with Crippen LogP contribution in [0.1, 0.15) is 16.1 Å². The number of hydrogen-bond donors (Lipinski definition) is 1. The van der Waals surface area contributed by atoms with E-state index in [1.54, 1.807) is 24.4 Å². The highest BCUT2D eigenvalue weighted by Crippen LogP contribution is 2.18. The maximum Gasteiger partial charge on any atom is 0.219 e. The largest absolute Gasteiger partial charge is 0.358 e. The molecule has 0 fully saturated rings. The molecular weight excluding hydrogens is 260 g/mol. The van der Waals surface area contributed by atoms with Crippen molar-refractivity contribution in [3.63, 3.8) is 0 Å². The highest BCUT2D eigenvalue weighted by atomic mass is 16.1. The van der Waals surface area contributed by atoms with Gasteiger partial charge in [-0.05, 0) is 40.6 Å². The van der Waals surface area contributed by atoms with Crippen LogP contribution in [0.3, 0.4) is 0 Å². The molecular formula is C18H12N2O. The average Bonchev–Trinajstić information content (AvgIpc) is 3.06. The Morgan fingerprint density at radius 3 is 2.57 bits per heavy atom. The lowest BCUT2D eigenvalue weighted by molar-refractivity contribution is 0.103. The lowest BCUT2D eigenvalue weighted by Gasteiger charge is -2.00. The van der Waals surface area contributed by atoms with Gasteiger partial charge in [-0.15, -0.1) is 0 Å². The summed E-state index contributed by atoms with van der Waals surface area (Å²) in [6.45, 7) is 0. The first kappa shape index (κ1) is 12.9. The number of benzene rings is 2. The van der Waals surface area contributed by atoms with Crippen LogP contribution in [-0.2, 0) is 0 Å². The molecule has 3 heteroatoms. The van der Waals surface area contributed by atoms with Crippen molar-refractivity contribution >= 4 is 22.6 Å². The van der Waals surface area contributed by atoms with Gasteiger partial charge in [0.25, 0.3) is 0 Å². The third kappa shape index (κ3) is 2.60. The number of carbonyl (C=O) groups excluding carboxylic acids is 1. The molecule has 3 rings (SSSR count). The number of rotatable bonds is 3. The molecule has 1 N–H and O–H groups in total. The van der Waals surface area contributed by atoms with E-state index in [2.05, 4.69) is 4.98 Å². The molecule has 1 aromatic heterocycles. The Bertz CT molecular complexity index is 868. The fourth-order valence-corrected chi connectivity index (χ4v) is 2.23. The normalized spacial score (nSPS) is 11.3. The fraction of sp³-hybridized carbons (Fsp3) is 0. The van der Waals surface area contributed by atoms with Crippen molar-refractivity contribution in [3.8, 4) is 6.07 Å². The summed E-state index contributed by atoms with van der Waals surface area (Å²) in [4.78, 5) is 15.0. The van der Waals surface area contributed by atoms with Crippen molar-refractivity contribution < 1.29 is 4.79 Å². The van der Waals surface area contributed by atoms with Gasteiger partial charge in [-0.25, -0.2) is 0 Å². The van der Waals surface area contributed by atoms with Crippen LogP contribution in [0.4, 0.5) is 0 Å². The minimum atomic E-state index is -0.296. The number of aromatic amines is 1. The van der Waals surface area contributed by atoms with Crippen LogP contribution >= 0.6 is 0 Å². The zero-order valence-corrected chi connectivity index (χ0v) is 11.2. The van der Waals surface area contributed by atoms with E-state index in [9.17, 15) is 10.1 Å². The van der Waals surface area contributed by atoms with Crippen molar-refractivity contribution in [1.29, 1.82) is 5.26 Å². The number of carbonyl (C=O) groups is 1. The standard InChI is InChI=1S/C18H12N2O/c19-12-16(18(21)17-6-3-9-20-17)11-13-7-8-14-4-1-2-5-15(14)10-13/h1-11,20H/b16-11-. The Kier molecular flexibility index (Phi) is 3.36. The first-order chi connectivity index (χ1) is 10.3. The lowest BCUT2D eigenvalue weighted by atomic mass is 10.0. The quantitative estimate of drug-likeness (QED) is 0.446. The fourth-order valence-electron chi connectivity index (χ4n) is 2.23. The van der Waals surface area contributed by atoms with E-state index in [1.807, 2.05) is 48.5 Å².